The number of hydrogen-bond acceptors (Lipinski definition) is 5. The summed E-state index contributed by atoms with van der Waals surface area (Å²) in [5, 5.41) is 9.47. The highest BCUT2D eigenvalue weighted by Crippen LogP contribution is 2.24. The van der Waals surface area contributed by atoms with Gasteiger partial charge in [-0.2, -0.15) is 0 Å². The quantitative estimate of drug-likeness (QED) is 0.499. The molecule has 6 heteroatoms. The van der Waals surface area contributed by atoms with Crippen LogP contribution in [0.2, 0.25) is 0 Å². The predicted octanol–water partition coefficient (Wildman–Crippen LogP) is 1.39. The van der Waals surface area contributed by atoms with Gasteiger partial charge in [-0.25, -0.2) is 0 Å². The molecule has 0 aliphatic carbocycles. The van der Waals surface area contributed by atoms with E-state index in [-0.39, 0.29) is 23.5 Å². The van der Waals surface area contributed by atoms with Crippen molar-refractivity contribution in [3.05, 3.63) is 23.8 Å². The minimum atomic E-state index is -0.217. The Morgan fingerprint density at radius 1 is 1.38 bits per heavy atom. The number of carbonyl (C=O) groups is 2. The maximum Gasteiger partial charge on any atom is 0.309 e. The molecule has 0 saturated carbocycles. The molecule has 2 rings (SSSR count). The predicted molar refractivity (Wildman–Crippen MR) is 77.8 cm³/mol. The minimum absolute atomic E-state index is 0.00830. The fourth-order valence-electron chi connectivity index (χ4n) is 2.48. The second kappa shape index (κ2) is 6.47. The van der Waals surface area contributed by atoms with Crippen LogP contribution in [0.1, 0.15) is 30.1 Å². The largest absolute Gasteiger partial charge is 0.508 e. The van der Waals surface area contributed by atoms with Crippen LogP contribution in [0.5, 0.6) is 5.75 Å². The minimum Gasteiger partial charge on any atom is -0.508 e. The molecular formula is C15H20N2O4. The van der Waals surface area contributed by atoms with Crippen LogP contribution in [-0.2, 0) is 9.53 Å². The Kier molecular flexibility index (Phi) is 4.67. The molecule has 0 unspecified atom stereocenters. The van der Waals surface area contributed by atoms with E-state index in [1.165, 1.54) is 18.2 Å². The molecule has 0 atom stereocenters. The Morgan fingerprint density at radius 2 is 2.05 bits per heavy atom. The van der Waals surface area contributed by atoms with E-state index in [4.69, 9.17) is 10.5 Å². The van der Waals surface area contributed by atoms with E-state index in [9.17, 15) is 14.7 Å². The smallest absolute Gasteiger partial charge is 0.309 e. The van der Waals surface area contributed by atoms with Crippen LogP contribution in [0.3, 0.4) is 0 Å². The molecule has 1 saturated heterocycles. The van der Waals surface area contributed by atoms with Crippen LogP contribution in [0.4, 0.5) is 5.69 Å². The fraction of sp³-hybridized carbons (Fsp3) is 0.467. The number of piperidine rings is 1. The Balaban J connectivity index is 2.00. The molecule has 1 aliphatic rings. The number of nitrogens with zero attached hydrogens (tertiary/aromatic N) is 1. The molecule has 1 aromatic carbocycles. The number of phenols is 1. The van der Waals surface area contributed by atoms with Gasteiger partial charge < -0.3 is 20.5 Å². The molecule has 0 spiro atoms. The van der Waals surface area contributed by atoms with Gasteiger partial charge in [0.25, 0.3) is 5.91 Å². The molecule has 1 aliphatic heterocycles. The zero-order valence-corrected chi connectivity index (χ0v) is 12.0. The average Bonchev–Trinajstić information content (AvgIpc) is 2.49. The van der Waals surface area contributed by atoms with Crippen LogP contribution < -0.4 is 5.73 Å². The van der Waals surface area contributed by atoms with Crippen molar-refractivity contribution >= 4 is 17.6 Å². The number of nitrogens with two attached hydrogens (primary N) is 1. The number of likely N-dealkylation sites (tertiary alicyclic amines) is 1. The van der Waals surface area contributed by atoms with Gasteiger partial charge in [0.1, 0.15) is 5.75 Å². The number of anilines is 1. The number of ether oxygens (including phenoxy) is 1. The Morgan fingerprint density at radius 3 is 2.67 bits per heavy atom. The summed E-state index contributed by atoms with van der Waals surface area (Å²) in [6.45, 7) is 3.12. The number of phenolic OH excluding ortho intramolecular Hbond substituents is 1. The van der Waals surface area contributed by atoms with Crippen molar-refractivity contribution in [1.82, 2.24) is 4.90 Å². The van der Waals surface area contributed by atoms with Gasteiger partial charge in [0.15, 0.2) is 0 Å². The molecule has 1 heterocycles. The van der Waals surface area contributed by atoms with Crippen LogP contribution in [0.15, 0.2) is 18.2 Å². The van der Waals surface area contributed by atoms with E-state index in [1.54, 1.807) is 11.8 Å². The number of nitrogen functional groups attached to an aromatic ring is 1. The number of amides is 1. The van der Waals surface area contributed by atoms with E-state index in [1.807, 2.05) is 0 Å². The summed E-state index contributed by atoms with van der Waals surface area (Å²) in [7, 11) is 0. The van der Waals surface area contributed by atoms with Crippen molar-refractivity contribution in [1.29, 1.82) is 0 Å². The lowest BCUT2D eigenvalue weighted by atomic mass is 9.96. The monoisotopic (exact) mass is 292 g/mol. The summed E-state index contributed by atoms with van der Waals surface area (Å²) in [6.07, 6.45) is 1.17. The molecule has 21 heavy (non-hydrogen) atoms. The zero-order chi connectivity index (χ0) is 15.4. The van der Waals surface area contributed by atoms with Gasteiger partial charge in [-0.15, -0.1) is 0 Å². The Labute approximate surface area is 123 Å². The summed E-state index contributed by atoms with van der Waals surface area (Å²) in [5.41, 5.74) is 6.41. The lowest BCUT2D eigenvalue weighted by Crippen LogP contribution is -2.40. The fourth-order valence-corrected chi connectivity index (χ4v) is 2.48. The maximum absolute atomic E-state index is 12.4. The second-order valence-electron chi connectivity index (χ2n) is 5.09. The molecule has 0 aromatic heterocycles. The van der Waals surface area contributed by atoms with E-state index < -0.39 is 0 Å². The van der Waals surface area contributed by atoms with E-state index in [0.717, 1.165) is 0 Å². The van der Waals surface area contributed by atoms with Gasteiger partial charge >= 0.3 is 5.97 Å². The molecule has 1 amide bonds. The van der Waals surface area contributed by atoms with Crippen molar-refractivity contribution in [3.8, 4) is 5.75 Å². The number of rotatable bonds is 3. The summed E-state index contributed by atoms with van der Waals surface area (Å²) in [4.78, 5) is 25.7. The summed E-state index contributed by atoms with van der Waals surface area (Å²) in [5.74, 6) is -0.545. The molecular weight excluding hydrogens is 272 g/mol. The first-order valence-electron chi connectivity index (χ1n) is 7.07. The van der Waals surface area contributed by atoms with Gasteiger partial charge in [0, 0.05) is 18.8 Å². The normalized spacial score (nSPS) is 15.8. The first-order valence-corrected chi connectivity index (χ1v) is 7.07. The van der Waals surface area contributed by atoms with Crippen LogP contribution in [-0.4, -0.2) is 41.6 Å². The zero-order valence-electron chi connectivity index (χ0n) is 12.0. The highest BCUT2D eigenvalue weighted by molar-refractivity contribution is 5.99. The van der Waals surface area contributed by atoms with Crippen molar-refractivity contribution in [2.24, 2.45) is 5.92 Å². The maximum atomic E-state index is 12.4. The topological polar surface area (TPSA) is 92.9 Å². The highest BCUT2D eigenvalue weighted by Gasteiger charge is 2.29. The van der Waals surface area contributed by atoms with E-state index >= 15 is 0 Å². The average molecular weight is 292 g/mol. The molecule has 1 aromatic rings. The Hall–Kier alpha value is -2.24. The first-order chi connectivity index (χ1) is 10.0. The third-order valence-corrected chi connectivity index (χ3v) is 3.67. The van der Waals surface area contributed by atoms with Gasteiger partial charge in [-0.1, -0.05) is 0 Å². The molecule has 0 bridgehead atoms. The highest BCUT2D eigenvalue weighted by atomic mass is 16.5. The van der Waals surface area contributed by atoms with Crippen molar-refractivity contribution in [3.63, 3.8) is 0 Å². The summed E-state index contributed by atoms with van der Waals surface area (Å²) < 4.78 is 5.00. The van der Waals surface area contributed by atoms with Crippen molar-refractivity contribution in [2.45, 2.75) is 19.8 Å². The van der Waals surface area contributed by atoms with Crippen LogP contribution in [0.25, 0.3) is 0 Å². The number of esters is 1. The number of aromatic hydroxyl groups is 1. The Bertz CT molecular complexity index is 536. The van der Waals surface area contributed by atoms with Gasteiger partial charge in [-0.3, -0.25) is 9.59 Å². The summed E-state index contributed by atoms with van der Waals surface area (Å²) >= 11 is 0. The summed E-state index contributed by atoms with van der Waals surface area (Å²) in [6, 6.07) is 4.32. The second-order valence-corrected chi connectivity index (χ2v) is 5.09. The lowest BCUT2D eigenvalue weighted by Gasteiger charge is -2.31. The van der Waals surface area contributed by atoms with E-state index in [0.29, 0.717) is 43.8 Å². The lowest BCUT2D eigenvalue weighted by molar-refractivity contribution is -0.149. The van der Waals surface area contributed by atoms with Gasteiger partial charge in [-0.05, 0) is 38.0 Å². The SMILES string of the molecule is CCOC(=O)C1CCN(C(=O)c2cc(O)ccc2N)CC1. The third kappa shape index (κ3) is 3.45. The molecule has 6 nitrogen and oxygen atoms in total. The van der Waals surface area contributed by atoms with Gasteiger partial charge in [0.05, 0.1) is 18.1 Å². The molecule has 1 fully saturated rings. The standard InChI is InChI=1S/C15H20N2O4/c1-2-21-15(20)10-5-7-17(8-6-10)14(19)12-9-11(18)3-4-13(12)16/h3-4,9-10,18H,2,5-8,16H2,1H3. The first kappa shape index (κ1) is 15.2. The molecule has 3 N–H and O–H groups in total. The molecule has 114 valence electrons. The number of hydrogen-bond donors (Lipinski definition) is 2. The third-order valence-electron chi connectivity index (χ3n) is 3.67. The van der Waals surface area contributed by atoms with Crippen LogP contribution >= 0.6 is 0 Å². The van der Waals surface area contributed by atoms with Crippen molar-refractivity contribution in [2.75, 3.05) is 25.4 Å². The van der Waals surface area contributed by atoms with Crippen molar-refractivity contribution < 1.29 is 19.4 Å². The number of benzene rings is 1. The van der Waals surface area contributed by atoms with Crippen LogP contribution in [0, 0.1) is 5.92 Å². The van der Waals surface area contributed by atoms with E-state index in [2.05, 4.69) is 0 Å². The number of carbonyl (C=O) groups excluding carboxylic acids is 2. The van der Waals surface area contributed by atoms with Gasteiger partial charge in [0.2, 0.25) is 0 Å². The molecule has 0 radical (unpaired) electrons.